The number of rotatable bonds is 4. The van der Waals surface area contributed by atoms with Crippen molar-refractivity contribution in [2.45, 2.75) is 32.2 Å². The second-order valence-corrected chi connectivity index (χ2v) is 4.62. The van der Waals surface area contributed by atoms with Crippen LogP contribution in [-0.4, -0.2) is 25.1 Å². The van der Waals surface area contributed by atoms with Gasteiger partial charge in [-0.1, -0.05) is 32.0 Å². The molecule has 0 bridgehead atoms. The van der Waals surface area contributed by atoms with E-state index >= 15 is 0 Å². The highest BCUT2D eigenvalue weighted by atomic mass is 35.5. The van der Waals surface area contributed by atoms with Gasteiger partial charge in [0.2, 0.25) is 0 Å². The van der Waals surface area contributed by atoms with Crippen LogP contribution in [0.15, 0.2) is 24.3 Å². The Balaban J connectivity index is 0.00000324. The van der Waals surface area contributed by atoms with E-state index in [4.69, 9.17) is 10.5 Å². The molecule has 0 aliphatic heterocycles. The fraction of sp³-hybridized carbons (Fsp3) is 0.500. The van der Waals surface area contributed by atoms with Crippen molar-refractivity contribution < 1.29 is 9.53 Å². The maximum absolute atomic E-state index is 11.6. The van der Waals surface area contributed by atoms with Crippen molar-refractivity contribution in [3.63, 3.8) is 0 Å². The summed E-state index contributed by atoms with van der Waals surface area (Å²) in [6.45, 7) is 4.07. The van der Waals surface area contributed by atoms with Crippen LogP contribution in [0.4, 0.5) is 4.79 Å². The van der Waals surface area contributed by atoms with E-state index in [9.17, 15) is 4.79 Å². The molecule has 0 radical (unpaired) electrons. The third kappa shape index (κ3) is 4.11. The fourth-order valence-electron chi connectivity index (χ4n) is 1.78. The quantitative estimate of drug-likeness (QED) is 0.925. The molecule has 0 aliphatic rings. The Bertz CT molecular complexity index is 418. The average Bonchev–Trinajstić information content (AvgIpc) is 2.38. The number of nitrogens with two attached hydrogens (primary N) is 1. The number of benzene rings is 1. The Hall–Kier alpha value is -1.26. The van der Waals surface area contributed by atoms with E-state index < -0.39 is 11.6 Å². The van der Waals surface area contributed by atoms with E-state index in [0.717, 1.165) is 18.4 Å². The van der Waals surface area contributed by atoms with Crippen molar-refractivity contribution >= 4 is 18.5 Å². The highest BCUT2D eigenvalue weighted by Gasteiger charge is 2.27. The fourth-order valence-corrected chi connectivity index (χ4v) is 1.78. The highest BCUT2D eigenvalue weighted by Crippen LogP contribution is 2.33. The first-order valence-corrected chi connectivity index (χ1v) is 6.22. The normalized spacial score (nSPS) is 10.6. The lowest BCUT2D eigenvalue weighted by atomic mass is 9.85. The molecule has 0 aliphatic carbocycles. The zero-order chi connectivity index (χ0) is 13.8. The van der Waals surface area contributed by atoms with Gasteiger partial charge in [0.15, 0.2) is 0 Å². The number of halogens is 1. The summed E-state index contributed by atoms with van der Waals surface area (Å²) in [5.74, 6) is 0.544. The molecule has 0 unspecified atom stereocenters. The molecule has 2 N–H and O–H groups in total. The molecule has 0 aromatic heterocycles. The van der Waals surface area contributed by atoms with Gasteiger partial charge in [0, 0.05) is 25.2 Å². The predicted octanol–water partition coefficient (Wildman–Crippen LogP) is 3.14. The molecule has 5 heteroatoms. The molecule has 0 saturated carbocycles. The second-order valence-electron chi connectivity index (χ2n) is 4.62. The third-order valence-electron chi connectivity index (χ3n) is 3.25. The van der Waals surface area contributed by atoms with Crippen molar-refractivity contribution in [3.05, 3.63) is 29.8 Å². The van der Waals surface area contributed by atoms with Gasteiger partial charge in [0.25, 0.3) is 0 Å². The van der Waals surface area contributed by atoms with Crippen LogP contribution in [0.3, 0.4) is 0 Å². The van der Waals surface area contributed by atoms with Gasteiger partial charge < -0.3 is 15.4 Å². The van der Waals surface area contributed by atoms with E-state index in [2.05, 4.69) is 0 Å². The van der Waals surface area contributed by atoms with Crippen LogP contribution in [0.2, 0.25) is 0 Å². The first-order valence-electron chi connectivity index (χ1n) is 6.22. The number of para-hydroxylation sites is 1. The van der Waals surface area contributed by atoms with Gasteiger partial charge in [-0.3, -0.25) is 0 Å². The number of ether oxygens (including phenoxy) is 1. The molecule has 0 heterocycles. The van der Waals surface area contributed by atoms with Gasteiger partial charge in [-0.15, -0.1) is 12.4 Å². The van der Waals surface area contributed by atoms with Gasteiger partial charge in [-0.25, -0.2) is 4.79 Å². The topological polar surface area (TPSA) is 55.6 Å². The molecule has 1 amide bonds. The number of carbonyl (C=O) groups excluding carboxylic acids is 1. The lowest BCUT2D eigenvalue weighted by Gasteiger charge is -2.29. The third-order valence-corrected chi connectivity index (χ3v) is 3.25. The number of hydrogen-bond acceptors (Lipinski definition) is 3. The van der Waals surface area contributed by atoms with Gasteiger partial charge in [0.1, 0.15) is 5.75 Å². The lowest BCUT2D eigenvalue weighted by Crippen LogP contribution is -2.36. The van der Waals surface area contributed by atoms with Crippen LogP contribution in [0.1, 0.15) is 32.3 Å². The maximum atomic E-state index is 11.6. The average molecular weight is 287 g/mol. The summed E-state index contributed by atoms with van der Waals surface area (Å²) < 4.78 is 5.36. The summed E-state index contributed by atoms with van der Waals surface area (Å²) in [5.41, 5.74) is 6.79. The van der Waals surface area contributed by atoms with Crippen LogP contribution in [0.25, 0.3) is 0 Å². The summed E-state index contributed by atoms with van der Waals surface area (Å²) in [4.78, 5) is 13.0. The predicted molar refractivity (Wildman–Crippen MR) is 79.8 cm³/mol. The summed E-state index contributed by atoms with van der Waals surface area (Å²) in [5, 5.41) is 0. The summed E-state index contributed by atoms with van der Waals surface area (Å²) in [6.07, 6.45) is 1.19. The second kappa shape index (κ2) is 7.36. The molecule has 0 saturated heterocycles. The summed E-state index contributed by atoms with van der Waals surface area (Å²) in [7, 11) is 3.31. The van der Waals surface area contributed by atoms with Gasteiger partial charge in [0.05, 0.1) is 0 Å². The van der Waals surface area contributed by atoms with Crippen LogP contribution in [-0.2, 0) is 5.54 Å². The molecular weight excluding hydrogens is 264 g/mol. The van der Waals surface area contributed by atoms with Crippen molar-refractivity contribution in [1.82, 2.24) is 4.90 Å². The SMILES string of the molecule is CCC(N)(CC)c1ccccc1OC(=O)N(C)C.Cl. The molecular formula is C14H23ClN2O2. The number of carbonyl (C=O) groups is 1. The molecule has 1 aromatic rings. The van der Waals surface area contributed by atoms with Gasteiger partial charge in [-0.2, -0.15) is 0 Å². The van der Waals surface area contributed by atoms with Crippen molar-refractivity contribution in [2.75, 3.05) is 14.1 Å². The minimum Gasteiger partial charge on any atom is -0.410 e. The molecule has 1 aromatic carbocycles. The smallest absolute Gasteiger partial charge is 0.410 e. The zero-order valence-corrected chi connectivity index (χ0v) is 12.8. The molecule has 0 spiro atoms. The minimum absolute atomic E-state index is 0. The van der Waals surface area contributed by atoms with E-state index in [0.29, 0.717) is 5.75 Å². The van der Waals surface area contributed by atoms with Crippen LogP contribution in [0, 0.1) is 0 Å². The zero-order valence-electron chi connectivity index (χ0n) is 12.0. The Morgan fingerprint density at radius 1 is 1.26 bits per heavy atom. The van der Waals surface area contributed by atoms with E-state index in [1.54, 1.807) is 20.2 Å². The molecule has 0 atom stereocenters. The van der Waals surface area contributed by atoms with Crippen LogP contribution >= 0.6 is 12.4 Å². The van der Waals surface area contributed by atoms with Gasteiger partial charge >= 0.3 is 6.09 Å². The van der Waals surface area contributed by atoms with Crippen molar-refractivity contribution in [1.29, 1.82) is 0 Å². The maximum Gasteiger partial charge on any atom is 0.414 e. The molecule has 19 heavy (non-hydrogen) atoms. The number of hydrogen-bond donors (Lipinski definition) is 1. The van der Waals surface area contributed by atoms with E-state index in [-0.39, 0.29) is 12.4 Å². The molecule has 0 fully saturated rings. The van der Waals surface area contributed by atoms with Crippen molar-refractivity contribution in [2.24, 2.45) is 5.73 Å². The monoisotopic (exact) mass is 286 g/mol. The largest absolute Gasteiger partial charge is 0.414 e. The van der Waals surface area contributed by atoms with Crippen LogP contribution in [0.5, 0.6) is 5.75 Å². The number of nitrogens with zero attached hydrogens (tertiary/aromatic N) is 1. The number of amides is 1. The highest BCUT2D eigenvalue weighted by molar-refractivity contribution is 5.85. The lowest BCUT2D eigenvalue weighted by molar-refractivity contribution is 0.170. The Labute approximate surface area is 121 Å². The molecule has 108 valence electrons. The van der Waals surface area contributed by atoms with E-state index in [1.165, 1.54) is 4.90 Å². The first kappa shape index (κ1) is 17.7. The first-order chi connectivity index (χ1) is 8.44. The van der Waals surface area contributed by atoms with Gasteiger partial charge in [-0.05, 0) is 18.9 Å². The summed E-state index contributed by atoms with van der Waals surface area (Å²) >= 11 is 0. The summed E-state index contributed by atoms with van der Waals surface area (Å²) in [6, 6.07) is 7.46. The van der Waals surface area contributed by atoms with E-state index in [1.807, 2.05) is 32.0 Å². The Morgan fingerprint density at radius 3 is 2.26 bits per heavy atom. The van der Waals surface area contributed by atoms with Crippen LogP contribution < -0.4 is 10.5 Å². The standard InChI is InChI=1S/C14H22N2O2.ClH/c1-5-14(15,6-2)11-9-7-8-10-12(11)18-13(17)16(3)4;/h7-10H,5-6,15H2,1-4H3;1H. The molecule has 1 rings (SSSR count). The minimum atomic E-state index is -0.455. The Kier molecular flexibility index (Phi) is 6.87. The van der Waals surface area contributed by atoms with Crippen molar-refractivity contribution in [3.8, 4) is 5.75 Å². The molecule has 4 nitrogen and oxygen atoms in total. The Morgan fingerprint density at radius 2 is 1.79 bits per heavy atom.